The van der Waals surface area contributed by atoms with Crippen LogP contribution >= 0.6 is 0 Å². The fraction of sp³-hybridized carbons (Fsp3) is 0.824. The van der Waals surface area contributed by atoms with Gasteiger partial charge in [-0.25, -0.2) is 0 Å². The highest BCUT2D eigenvalue weighted by atomic mass is 19.4. The van der Waals surface area contributed by atoms with Crippen molar-refractivity contribution < 1.29 is 32.2 Å². The number of phenols is 1. The standard InChI is InChI=1S/C34H49F5O2/c1-30-23-25(12-10-8-6-4-2-3-5-7-9-11-17-33(35,36)34(37,38)39)29-27-15-14-26(40)22-24(27)13-16-28(29)31(30)18-20-32(30,41)21-19-31/h14-15,22,25,28-29,40-41H,2-13,16-21,23H2,1H3/t25-,28?,29?,30-,31?,32?/m0/s1. The van der Waals surface area contributed by atoms with Gasteiger partial charge in [0.1, 0.15) is 5.75 Å². The minimum atomic E-state index is -5.44. The van der Waals surface area contributed by atoms with Crippen LogP contribution < -0.4 is 0 Å². The average molecular weight is 585 g/mol. The van der Waals surface area contributed by atoms with Crippen molar-refractivity contribution >= 4 is 0 Å². The molecule has 4 aliphatic carbocycles. The summed E-state index contributed by atoms with van der Waals surface area (Å²) >= 11 is 0. The van der Waals surface area contributed by atoms with Crippen LogP contribution in [0.1, 0.15) is 140 Å². The minimum Gasteiger partial charge on any atom is -0.508 e. The molecule has 3 saturated carbocycles. The van der Waals surface area contributed by atoms with Gasteiger partial charge < -0.3 is 10.2 Å². The largest absolute Gasteiger partial charge is 0.508 e. The van der Waals surface area contributed by atoms with Gasteiger partial charge in [0, 0.05) is 11.8 Å². The van der Waals surface area contributed by atoms with Crippen LogP contribution in [0.3, 0.4) is 0 Å². The zero-order valence-corrected chi connectivity index (χ0v) is 24.7. The summed E-state index contributed by atoms with van der Waals surface area (Å²) in [6.45, 7) is 2.41. The molecular formula is C34H49F5O2. The number of aryl methyl sites for hydroxylation is 1. The molecule has 7 heteroatoms. The summed E-state index contributed by atoms with van der Waals surface area (Å²) in [5, 5.41) is 21.9. The zero-order chi connectivity index (χ0) is 29.5. The quantitative estimate of drug-likeness (QED) is 0.179. The smallest absolute Gasteiger partial charge is 0.453 e. The summed E-state index contributed by atoms with van der Waals surface area (Å²) in [5.41, 5.74) is 2.51. The Morgan fingerprint density at radius 3 is 2.02 bits per heavy atom. The highest BCUT2D eigenvalue weighted by Gasteiger charge is 2.74. The number of phenolic OH excluding ortho intramolecular Hbond substituents is 1. The number of fused-ring (bicyclic) bond motifs is 3. The van der Waals surface area contributed by atoms with Crippen molar-refractivity contribution in [2.45, 2.75) is 153 Å². The number of alkyl halides is 5. The summed E-state index contributed by atoms with van der Waals surface area (Å²) in [5.74, 6) is -2.53. The Bertz CT molecular complexity index is 1040. The van der Waals surface area contributed by atoms with Gasteiger partial charge in [-0.3, -0.25) is 0 Å². The van der Waals surface area contributed by atoms with Gasteiger partial charge >= 0.3 is 12.1 Å². The average Bonchev–Trinajstić information content (AvgIpc) is 3.28. The van der Waals surface area contributed by atoms with E-state index in [0.717, 1.165) is 77.0 Å². The van der Waals surface area contributed by atoms with E-state index < -0.39 is 24.1 Å². The van der Waals surface area contributed by atoms with E-state index in [-0.39, 0.29) is 17.3 Å². The second kappa shape index (κ2) is 11.6. The molecule has 0 amide bonds. The van der Waals surface area contributed by atoms with Gasteiger partial charge in [0.15, 0.2) is 0 Å². The van der Waals surface area contributed by atoms with E-state index in [1.54, 1.807) is 0 Å². The molecule has 2 bridgehead atoms. The van der Waals surface area contributed by atoms with Crippen molar-refractivity contribution in [1.82, 2.24) is 0 Å². The molecule has 4 aliphatic rings. The van der Waals surface area contributed by atoms with Crippen molar-refractivity contribution in [3.8, 4) is 5.75 Å². The number of benzene rings is 1. The van der Waals surface area contributed by atoms with Crippen molar-refractivity contribution in [3.05, 3.63) is 29.3 Å². The zero-order valence-electron chi connectivity index (χ0n) is 24.7. The molecule has 2 nitrogen and oxygen atoms in total. The molecule has 1 aromatic rings. The van der Waals surface area contributed by atoms with Crippen LogP contribution in [0.4, 0.5) is 22.0 Å². The molecule has 0 radical (unpaired) electrons. The maximum atomic E-state index is 13.0. The van der Waals surface area contributed by atoms with Crippen LogP contribution in [-0.2, 0) is 6.42 Å². The second-order valence-electron chi connectivity index (χ2n) is 14.3. The number of aromatic hydroxyl groups is 1. The number of hydrogen-bond donors (Lipinski definition) is 2. The van der Waals surface area contributed by atoms with Gasteiger partial charge in [0.05, 0.1) is 5.60 Å². The van der Waals surface area contributed by atoms with Crippen LogP contribution in [-0.4, -0.2) is 27.9 Å². The number of hydrogen-bond acceptors (Lipinski definition) is 2. The number of unbranched alkanes of at least 4 members (excludes halogenated alkanes) is 9. The molecule has 1 aromatic carbocycles. The Morgan fingerprint density at radius 2 is 1.41 bits per heavy atom. The first-order chi connectivity index (χ1) is 19.3. The van der Waals surface area contributed by atoms with E-state index in [9.17, 15) is 32.2 Å². The third-order valence-corrected chi connectivity index (χ3v) is 12.4. The molecule has 0 saturated heterocycles. The highest BCUT2D eigenvalue weighted by Crippen LogP contribution is 2.78. The van der Waals surface area contributed by atoms with Crippen molar-refractivity contribution in [2.24, 2.45) is 22.7 Å². The lowest BCUT2D eigenvalue weighted by atomic mass is 9.45. The van der Waals surface area contributed by atoms with Crippen molar-refractivity contribution in [3.63, 3.8) is 0 Å². The van der Waals surface area contributed by atoms with Gasteiger partial charge in [0.25, 0.3) is 0 Å². The van der Waals surface area contributed by atoms with E-state index in [1.807, 2.05) is 12.1 Å². The molecule has 0 aliphatic heterocycles. The number of aliphatic hydroxyl groups is 1. The van der Waals surface area contributed by atoms with E-state index in [2.05, 4.69) is 13.0 Å². The minimum absolute atomic E-state index is 0.00288. The Labute approximate surface area is 242 Å². The van der Waals surface area contributed by atoms with E-state index in [0.29, 0.717) is 36.3 Å². The maximum Gasteiger partial charge on any atom is 0.453 e. The van der Waals surface area contributed by atoms with Crippen LogP contribution in [0.15, 0.2) is 18.2 Å². The molecule has 41 heavy (non-hydrogen) atoms. The van der Waals surface area contributed by atoms with Gasteiger partial charge in [-0.05, 0) is 104 Å². The number of halogens is 5. The van der Waals surface area contributed by atoms with Crippen LogP contribution in [0.25, 0.3) is 0 Å². The predicted molar refractivity (Wildman–Crippen MR) is 151 cm³/mol. The molecule has 0 spiro atoms. The van der Waals surface area contributed by atoms with E-state index in [1.165, 1.54) is 30.4 Å². The third kappa shape index (κ3) is 5.55. The lowest BCUT2D eigenvalue weighted by molar-refractivity contribution is -0.284. The Morgan fingerprint density at radius 1 is 0.829 bits per heavy atom. The van der Waals surface area contributed by atoms with Gasteiger partial charge in [-0.2, -0.15) is 22.0 Å². The predicted octanol–water partition coefficient (Wildman–Crippen LogP) is 10.2. The van der Waals surface area contributed by atoms with Crippen molar-refractivity contribution in [1.29, 1.82) is 0 Å². The van der Waals surface area contributed by atoms with Gasteiger partial charge in [-0.1, -0.05) is 70.8 Å². The molecule has 2 unspecified atom stereocenters. The first-order valence-electron chi connectivity index (χ1n) is 16.3. The number of rotatable bonds is 13. The summed E-state index contributed by atoms with van der Waals surface area (Å²) in [6.07, 6.45) is 10.8. The van der Waals surface area contributed by atoms with Crippen LogP contribution in [0.2, 0.25) is 0 Å². The Hall–Kier alpha value is -1.37. The van der Waals surface area contributed by atoms with Crippen LogP contribution in [0.5, 0.6) is 5.75 Å². The summed E-state index contributed by atoms with van der Waals surface area (Å²) in [4.78, 5) is 0. The summed E-state index contributed by atoms with van der Waals surface area (Å²) in [6, 6.07) is 6.03. The molecule has 0 heterocycles. The van der Waals surface area contributed by atoms with Crippen molar-refractivity contribution in [2.75, 3.05) is 0 Å². The SMILES string of the molecule is C[C@]12C[C@H](CCCCCCCCCCCCC(F)(F)C(F)(F)F)C3c4ccc(O)cc4CCC3C13CCC2(O)CC3. The molecule has 5 rings (SSSR count). The van der Waals surface area contributed by atoms with E-state index in [4.69, 9.17) is 0 Å². The fourth-order valence-electron chi connectivity index (χ4n) is 10.1. The van der Waals surface area contributed by atoms with E-state index >= 15 is 0 Å². The van der Waals surface area contributed by atoms with Crippen LogP contribution in [0, 0.1) is 22.7 Å². The first kappa shape index (κ1) is 31.1. The molecule has 3 fully saturated rings. The van der Waals surface area contributed by atoms with Gasteiger partial charge in [0.2, 0.25) is 0 Å². The van der Waals surface area contributed by atoms with Gasteiger partial charge in [-0.15, -0.1) is 0 Å². The molecule has 232 valence electrons. The highest BCUT2D eigenvalue weighted by molar-refractivity contribution is 5.42. The topological polar surface area (TPSA) is 40.5 Å². The molecule has 2 N–H and O–H groups in total. The Balaban J connectivity index is 1.07. The lowest BCUT2D eigenvalue weighted by Gasteiger charge is -2.59. The maximum absolute atomic E-state index is 13.0. The lowest BCUT2D eigenvalue weighted by Crippen LogP contribution is -2.54. The fourth-order valence-corrected chi connectivity index (χ4v) is 10.1. The molecule has 0 aromatic heterocycles. The summed E-state index contributed by atoms with van der Waals surface area (Å²) in [7, 11) is 0. The second-order valence-corrected chi connectivity index (χ2v) is 14.3. The normalized spacial score (nSPS) is 34.4. The molecular weight excluding hydrogens is 535 g/mol. The third-order valence-electron chi connectivity index (χ3n) is 12.4. The Kier molecular flexibility index (Phi) is 8.80. The monoisotopic (exact) mass is 584 g/mol. The first-order valence-corrected chi connectivity index (χ1v) is 16.3. The summed E-state index contributed by atoms with van der Waals surface area (Å²) < 4.78 is 62.7. The molecule has 4 atom stereocenters.